The number of nitrogens with one attached hydrogen (secondary N) is 1. The van der Waals surface area contributed by atoms with Crippen molar-refractivity contribution in [2.75, 3.05) is 31.1 Å². The molecule has 114 valence electrons. The Morgan fingerprint density at radius 2 is 2.30 bits per heavy atom. The summed E-state index contributed by atoms with van der Waals surface area (Å²) in [4.78, 5) is 25.3. The van der Waals surface area contributed by atoms with Crippen LogP contribution in [0.3, 0.4) is 0 Å². The molecule has 0 unspecified atom stereocenters. The molecular weight excluding hydrogens is 276 g/mol. The predicted octanol–water partition coefficient (Wildman–Crippen LogP) is 2.03. The van der Waals surface area contributed by atoms with Crippen LogP contribution < -0.4 is 5.32 Å². The van der Waals surface area contributed by atoms with Crippen LogP contribution in [-0.2, 0) is 4.79 Å². The largest absolute Gasteiger partial charge is 0.481 e. The number of fused-ring (bicyclic) bond motifs is 1. The Morgan fingerprint density at radius 3 is 2.95 bits per heavy atom. The van der Waals surface area contributed by atoms with E-state index in [1.165, 1.54) is 0 Å². The molecule has 1 aliphatic carbocycles. The molecule has 2 rings (SSSR count). The summed E-state index contributed by atoms with van der Waals surface area (Å²) >= 11 is 1.87. The summed E-state index contributed by atoms with van der Waals surface area (Å²) in [6, 6.07) is -0.0958. The third-order valence-corrected chi connectivity index (χ3v) is 5.52. The first kappa shape index (κ1) is 15.5. The van der Waals surface area contributed by atoms with Crippen LogP contribution >= 0.6 is 11.8 Å². The molecule has 0 aromatic carbocycles. The number of rotatable bonds is 6. The van der Waals surface area contributed by atoms with Crippen molar-refractivity contribution in [2.45, 2.75) is 32.6 Å². The fraction of sp³-hybridized carbons (Fsp3) is 0.857. The van der Waals surface area contributed by atoms with Crippen LogP contribution in [-0.4, -0.2) is 53.1 Å². The average Bonchev–Trinajstić information content (AvgIpc) is 2.95. The number of amides is 2. The summed E-state index contributed by atoms with van der Waals surface area (Å²) in [6.07, 6.45) is 3.58. The summed E-state index contributed by atoms with van der Waals surface area (Å²) in [5, 5.41) is 12.4. The molecule has 1 saturated carbocycles. The van der Waals surface area contributed by atoms with Gasteiger partial charge in [-0.1, -0.05) is 13.3 Å². The Bertz CT molecular complexity index is 377. The van der Waals surface area contributed by atoms with Crippen molar-refractivity contribution in [1.29, 1.82) is 0 Å². The highest BCUT2D eigenvalue weighted by atomic mass is 32.2. The van der Waals surface area contributed by atoms with E-state index < -0.39 is 11.4 Å². The minimum absolute atomic E-state index is 0.0958. The van der Waals surface area contributed by atoms with Gasteiger partial charge in [0.25, 0.3) is 0 Å². The highest BCUT2D eigenvalue weighted by molar-refractivity contribution is 7.99. The standard InChI is InChI=1S/C14H24N2O3S/c1-2-20-8-4-7-15-13(19)16-9-11-5-3-6-14(11,10-16)12(17)18/h11H,2-10H2,1H3,(H,15,19)(H,17,18)/t11-,14+/m0/s1. The van der Waals surface area contributed by atoms with Crippen molar-refractivity contribution in [3.8, 4) is 0 Å². The molecule has 2 atom stereocenters. The van der Waals surface area contributed by atoms with Crippen LogP contribution in [0.5, 0.6) is 0 Å². The Morgan fingerprint density at radius 1 is 1.50 bits per heavy atom. The predicted molar refractivity (Wildman–Crippen MR) is 80.0 cm³/mol. The molecule has 0 aromatic heterocycles. The van der Waals surface area contributed by atoms with Gasteiger partial charge in [-0.05, 0) is 36.7 Å². The first-order valence-electron chi connectivity index (χ1n) is 7.44. The lowest BCUT2D eigenvalue weighted by atomic mass is 9.81. The number of thioether (sulfide) groups is 1. The van der Waals surface area contributed by atoms with Gasteiger partial charge >= 0.3 is 12.0 Å². The minimum atomic E-state index is -0.727. The lowest BCUT2D eigenvalue weighted by Crippen LogP contribution is -2.42. The van der Waals surface area contributed by atoms with Crippen molar-refractivity contribution in [2.24, 2.45) is 11.3 Å². The molecule has 2 amide bonds. The average molecular weight is 300 g/mol. The molecule has 1 heterocycles. The zero-order valence-electron chi connectivity index (χ0n) is 12.1. The fourth-order valence-electron chi connectivity index (χ4n) is 3.42. The minimum Gasteiger partial charge on any atom is -0.481 e. The summed E-state index contributed by atoms with van der Waals surface area (Å²) in [5.74, 6) is 1.57. The lowest BCUT2D eigenvalue weighted by molar-refractivity contribution is -0.149. The van der Waals surface area contributed by atoms with Crippen LogP contribution in [0.4, 0.5) is 4.79 Å². The second kappa shape index (κ2) is 6.70. The Labute approximate surface area is 124 Å². The quantitative estimate of drug-likeness (QED) is 0.736. The van der Waals surface area contributed by atoms with Gasteiger partial charge in [-0.2, -0.15) is 11.8 Å². The van der Waals surface area contributed by atoms with Crippen molar-refractivity contribution < 1.29 is 14.7 Å². The number of hydrogen-bond donors (Lipinski definition) is 2. The Hall–Kier alpha value is -0.910. The number of likely N-dealkylation sites (tertiary alicyclic amines) is 1. The Balaban J connectivity index is 1.80. The van der Waals surface area contributed by atoms with E-state index in [0.29, 0.717) is 26.1 Å². The van der Waals surface area contributed by atoms with Gasteiger partial charge in [0.2, 0.25) is 0 Å². The number of nitrogens with zero attached hydrogens (tertiary/aromatic N) is 1. The van der Waals surface area contributed by atoms with E-state index in [4.69, 9.17) is 0 Å². The summed E-state index contributed by atoms with van der Waals surface area (Å²) in [7, 11) is 0. The van der Waals surface area contributed by atoms with Crippen LogP contribution in [0.1, 0.15) is 32.6 Å². The van der Waals surface area contributed by atoms with Gasteiger partial charge in [-0.15, -0.1) is 0 Å². The highest BCUT2D eigenvalue weighted by Crippen LogP contribution is 2.48. The van der Waals surface area contributed by atoms with Crippen molar-refractivity contribution in [1.82, 2.24) is 10.2 Å². The molecule has 0 bridgehead atoms. The van der Waals surface area contributed by atoms with E-state index >= 15 is 0 Å². The number of urea groups is 1. The van der Waals surface area contributed by atoms with Crippen molar-refractivity contribution in [3.05, 3.63) is 0 Å². The number of carboxylic acid groups (broad SMARTS) is 1. The maximum atomic E-state index is 12.1. The van der Waals surface area contributed by atoms with Gasteiger partial charge in [0.15, 0.2) is 0 Å². The van der Waals surface area contributed by atoms with Crippen LogP contribution in [0.15, 0.2) is 0 Å². The lowest BCUT2D eigenvalue weighted by Gasteiger charge is -2.23. The van der Waals surface area contributed by atoms with Gasteiger partial charge in [-0.3, -0.25) is 4.79 Å². The van der Waals surface area contributed by atoms with Crippen LogP contribution in [0, 0.1) is 11.3 Å². The van der Waals surface area contributed by atoms with Gasteiger partial charge in [-0.25, -0.2) is 4.79 Å². The molecule has 2 fully saturated rings. The van der Waals surface area contributed by atoms with Gasteiger partial charge < -0.3 is 15.3 Å². The van der Waals surface area contributed by atoms with E-state index in [-0.39, 0.29) is 11.9 Å². The molecule has 1 saturated heterocycles. The number of carboxylic acids is 1. The van der Waals surface area contributed by atoms with E-state index in [0.717, 1.165) is 30.8 Å². The molecule has 5 nitrogen and oxygen atoms in total. The molecule has 2 aliphatic rings. The summed E-state index contributed by atoms with van der Waals surface area (Å²) in [6.45, 7) is 3.77. The molecule has 0 aromatic rings. The molecule has 6 heteroatoms. The zero-order valence-corrected chi connectivity index (χ0v) is 12.9. The Kier molecular flexibility index (Phi) is 5.18. The smallest absolute Gasteiger partial charge is 0.317 e. The van der Waals surface area contributed by atoms with E-state index in [2.05, 4.69) is 12.2 Å². The topological polar surface area (TPSA) is 69.6 Å². The molecule has 2 N–H and O–H groups in total. The maximum Gasteiger partial charge on any atom is 0.317 e. The van der Waals surface area contributed by atoms with E-state index in [9.17, 15) is 14.7 Å². The molecule has 20 heavy (non-hydrogen) atoms. The number of aliphatic carboxylic acids is 1. The van der Waals surface area contributed by atoms with Crippen molar-refractivity contribution in [3.63, 3.8) is 0 Å². The third kappa shape index (κ3) is 3.05. The number of carbonyl (C=O) groups excluding carboxylic acids is 1. The molecule has 1 aliphatic heterocycles. The monoisotopic (exact) mass is 300 g/mol. The highest BCUT2D eigenvalue weighted by Gasteiger charge is 2.55. The number of hydrogen-bond acceptors (Lipinski definition) is 3. The SMILES string of the molecule is CCSCCCNC(=O)N1C[C@@H]2CCC[C@@]2(C(=O)O)C1. The number of carbonyl (C=O) groups is 2. The second-order valence-electron chi connectivity index (χ2n) is 5.71. The third-order valence-electron chi connectivity index (χ3n) is 4.53. The molecular formula is C14H24N2O3S. The normalized spacial score (nSPS) is 28.4. The van der Waals surface area contributed by atoms with Gasteiger partial charge in [0.05, 0.1) is 5.41 Å². The van der Waals surface area contributed by atoms with Crippen LogP contribution in [0.25, 0.3) is 0 Å². The maximum absolute atomic E-state index is 12.1. The van der Waals surface area contributed by atoms with E-state index in [1.54, 1.807) is 4.90 Å². The molecule has 0 spiro atoms. The van der Waals surface area contributed by atoms with Crippen LogP contribution in [0.2, 0.25) is 0 Å². The molecule has 0 radical (unpaired) electrons. The summed E-state index contributed by atoms with van der Waals surface area (Å²) in [5.41, 5.74) is -0.671. The van der Waals surface area contributed by atoms with Gasteiger partial charge in [0, 0.05) is 19.6 Å². The first-order chi connectivity index (χ1) is 9.60. The van der Waals surface area contributed by atoms with Gasteiger partial charge in [0.1, 0.15) is 0 Å². The van der Waals surface area contributed by atoms with E-state index in [1.807, 2.05) is 11.8 Å². The fourth-order valence-corrected chi connectivity index (χ4v) is 4.06. The van der Waals surface area contributed by atoms with Crippen molar-refractivity contribution >= 4 is 23.8 Å². The zero-order chi connectivity index (χ0) is 14.6. The second-order valence-corrected chi connectivity index (χ2v) is 7.11. The summed E-state index contributed by atoms with van der Waals surface area (Å²) < 4.78 is 0. The first-order valence-corrected chi connectivity index (χ1v) is 8.59.